The van der Waals surface area contributed by atoms with Crippen molar-refractivity contribution in [2.24, 2.45) is 14.1 Å². The molecular formula is C28H33F3N5O6S2+. The van der Waals surface area contributed by atoms with Crippen LogP contribution < -0.4 is 14.4 Å². The fourth-order valence-corrected chi connectivity index (χ4v) is 6.60. The second-order valence-corrected chi connectivity index (χ2v) is 13.2. The van der Waals surface area contributed by atoms with Crippen molar-refractivity contribution in [2.75, 3.05) is 55.4 Å². The number of alkyl halides is 3. The summed E-state index contributed by atoms with van der Waals surface area (Å²) in [6.45, 7) is 3.16. The van der Waals surface area contributed by atoms with Crippen LogP contribution in [0.15, 0.2) is 53.2 Å². The summed E-state index contributed by atoms with van der Waals surface area (Å²) in [5.41, 5.74) is 1.53. The second-order valence-electron chi connectivity index (χ2n) is 10.5. The summed E-state index contributed by atoms with van der Waals surface area (Å²) in [6.07, 6.45) is 0.590. The standard InChI is InChI=1S/C28H32F3N5O6S2/c1-19-16-23-25(18-21(19)28(29,30)31)36(12-15-44(38,39)40)27(34(23)4)7-5-6-26-32(2)22-9-8-20(17-24(22)33(26)3)43(37)42-35-10-13-41-14-11-35/h5-9,16-18H,10-15H2,1-4H3/p+1. The Bertz CT molecular complexity index is 1780. The molecular weight excluding hydrogens is 623 g/mol. The average Bonchev–Trinajstić information content (AvgIpc) is 3.35. The first kappa shape index (κ1) is 32.1. The number of nitrogens with zero attached hydrogens (tertiary/aromatic N) is 5. The number of hydrogen-bond donors (Lipinski definition) is 1. The number of hydrogen-bond acceptors (Lipinski definition) is 8. The number of allylic oxidation sites excluding steroid dienone is 2. The Morgan fingerprint density at radius 2 is 1.84 bits per heavy atom. The van der Waals surface area contributed by atoms with E-state index < -0.39 is 38.7 Å². The third kappa shape index (κ3) is 6.55. The summed E-state index contributed by atoms with van der Waals surface area (Å²) >= 11 is -1.72. The number of imidazole rings is 1. The Morgan fingerprint density at radius 1 is 1.14 bits per heavy atom. The summed E-state index contributed by atoms with van der Waals surface area (Å²) < 4.78 is 101. The molecule has 0 spiro atoms. The van der Waals surface area contributed by atoms with Crippen molar-refractivity contribution < 1.29 is 43.9 Å². The van der Waals surface area contributed by atoms with Gasteiger partial charge in [-0.1, -0.05) is 6.08 Å². The molecule has 16 heteroatoms. The Labute approximate surface area is 255 Å². The van der Waals surface area contributed by atoms with E-state index in [-0.39, 0.29) is 17.8 Å². The SMILES string of the molecule is Cc1cc2c(cc1C(F)(F)F)N(CCS(=O)(=O)O)C(=CC=Cc1n(C)c3cc(S(=O)ON4CCOCC4)ccc3[n+]1C)N2C. The van der Waals surface area contributed by atoms with E-state index in [1.807, 2.05) is 29.3 Å². The van der Waals surface area contributed by atoms with E-state index in [1.165, 1.54) is 17.9 Å². The van der Waals surface area contributed by atoms with Crippen molar-refractivity contribution in [1.29, 1.82) is 0 Å². The minimum absolute atomic E-state index is 0.0350. The fraction of sp³-hybridized carbons (Fsp3) is 0.393. The van der Waals surface area contributed by atoms with Crippen LogP contribution in [0, 0.1) is 6.92 Å². The zero-order valence-electron chi connectivity index (χ0n) is 24.5. The third-order valence-electron chi connectivity index (χ3n) is 7.66. The molecule has 3 heterocycles. The van der Waals surface area contributed by atoms with Gasteiger partial charge < -0.3 is 14.5 Å². The lowest BCUT2D eigenvalue weighted by Gasteiger charge is -2.24. The zero-order chi connectivity index (χ0) is 32.0. The van der Waals surface area contributed by atoms with Crippen LogP contribution in [0.4, 0.5) is 24.5 Å². The van der Waals surface area contributed by atoms with Gasteiger partial charge >= 0.3 is 6.18 Å². The smallest absolute Gasteiger partial charge is 0.379 e. The van der Waals surface area contributed by atoms with E-state index in [9.17, 15) is 30.4 Å². The van der Waals surface area contributed by atoms with Crippen LogP contribution >= 0.6 is 0 Å². The van der Waals surface area contributed by atoms with Gasteiger partial charge in [-0.3, -0.25) is 4.55 Å². The number of morpholine rings is 1. The highest BCUT2D eigenvalue weighted by Crippen LogP contribution is 2.45. The lowest BCUT2D eigenvalue weighted by molar-refractivity contribution is -0.647. The highest BCUT2D eigenvalue weighted by atomic mass is 32.2. The number of anilines is 2. The number of hydroxylamine groups is 2. The number of rotatable bonds is 8. The largest absolute Gasteiger partial charge is 0.416 e. The third-order valence-corrected chi connectivity index (χ3v) is 9.34. The molecule has 11 nitrogen and oxygen atoms in total. The minimum atomic E-state index is -4.59. The highest BCUT2D eigenvalue weighted by molar-refractivity contribution is 7.85. The number of benzene rings is 2. The Kier molecular flexibility index (Phi) is 8.94. The Hall–Kier alpha value is -3.28. The molecule has 3 aromatic rings. The van der Waals surface area contributed by atoms with E-state index in [4.69, 9.17) is 9.02 Å². The van der Waals surface area contributed by atoms with Crippen LogP contribution in [0.5, 0.6) is 0 Å². The zero-order valence-corrected chi connectivity index (χ0v) is 26.2. The van der Waals surface area contributed by atoms with Crippen LogP contribution in [-0.2, 0) is 50.5 Å². The van der Waals surface area contributed by atoms with Gasteiger partial charge in [-0.2, -0.15) is 30.9 Å². The van der Waals surface area contributed by atoms with Gasteiger partial charge in [0.25, 0.3) is 15.9 Å². The number of aryl methyl sites for hydroxylation is 3. The van der Waals surface area contributed by atoms with Crippen LogP contribution in [0.1, 0.15) is 17.0 Å². The number of halogens is 3. The van der Waals surface area contributed by atoms with Gasteiger partial charge in [-0.15, -0.1) is 0 Å². The number of fused-ring (bicyclic) bond motifs is 2. The predicted octanol–water partition coefficient (Wildman–Crippen LogP) is 3.32. The molecule has 1 aromatic heterocycles. The Balaban J connectivity index is 1.46. The van der Waals surface area contributed by atoms with Gasteiger partial charge in [0, 0.05) is 38.8 Å². The summed E-state index contributed by atoms with van der Waals surface area (Å²) in [4.78, 5) is 3.62. The highest BCUT2D eigenvalue weighted by Gasteiger charge is 2.37. The number of ether oxygens (including phenoxy) is 1. The van der Waals surface area contributed by atoms with Crippen LogP contribution in [0.2, 0.25) is 0 Å². The quantitative estimate of drug-likeness (QED) is 0.289. The van der Waals surface area contributed by atoms with E-state index in [1.54, 1.807) is 47.4 Å². The maximum atomic E-state index is 13.7. The fourth-order valence-electron chi connectivity index (χ4n) is 5.38. The summed E-state index contributed by atoms with van der Waals surface area (Å²) in [5.74, 6) is 0.512. The topological polar surface area (TPSA) is 108 Å². The molecule has 44 heavy (non-hydrogen) atoms. The summed E-state index contributed by atoms with van der Waals surface area (Å²) in [7, 11) is 1.01. The van der Waals surface area contributed by atoms with Crippen molar-refractivity contribution >= 4 is 49.7 Å². The van der Waals surface area contributed by atoms with Crippen LogP contribution in [-0.4, -0.2) is 72.5 Å². The van der Waals surface area contributed by atoms with Gasteiger partial charge in [0.05, 0.1) is 54.9 Å². The van der Waals surface area contributed by atoms with Crippen molar-refractivity contribution in [1.82, 2.24) is 9.63 Å². The molecule has 2 aliphatic heterocycles. The van der Waals surface area contributed by atoms with Crippen molar-refractivity contribution in [3.05, 3.63) is 65.3 Å². The summed E-state index contributed by atoms with van der Waals surface area (Å²) in [6, 6.07) is 7.80. The van der Waals surface area contributed by atoms with E-state index in [0.29, 0.717) is 42.7 Å². The van der Waals surface area contributed by atoms with Crippen molar-refractivity contribution in [3.63, 3.8) is 0 Å². The van der Waals surface area contributed by atoms with Crippen molar-refractivity contribution in [3.8, 4) is 0 Å². The first-order chi connectivity index (χ1) is 20.7. The number of aromatic nitrogens is 2. The molecule has 0 aliphatic carbocycles. The first-order valence-electron chi connectivity index (χ1n) is 13.6. The molecule has 5 rings (SSSR count). The summed E-state index contributed by atoms with van der Waals surface area (Å²) in [5, 5.41) is 1.62. The van der Waals surface area contributed by atoms with Crippen LogP contribution in [0.25, 0.3) is 17.1 Å². The maximum Gasteiger partial charge on any atom is 0.416 e. The van der Waals surface area contributed by atoms with E-state index in [2.05, 4.69) is 0 Å². The molecule has 238 valence electrons. The monoisotopic (exact) mass is 656 g/mol. The van der Waals surface area contributed by atoms with Gasteiger partial charge in [-0.25, -0.2) is 13.3 Å². The normalized spacial score (nSPS) is 18.2. The predicted molar refractivity (Wildman–Crippen MR) is 159 cm³/mol. The molecule has 1 fully saturated rings. The Morgan fingerprint density at radius 3 is 2.50 bits per heavy atom. The van der Waals surface area contributed by atoms with E-state index in [0.717, 1.165) is 22.9 Å². The molecule has 0 radical (unpaired) electrons. The van der Waals surface area contributed by atoms with Gasteiger partial charge in [-0.05, 0) is 42.8 Å². The minimum Gasteiger partial charge on any atom is -0.379 e. The second kappa shape index (κ2) is 12.3. The molecule has 0 saturated carbocycles. The molecule has 1 saturated heterocycles. The molecule has 2 aromatic carbocycles. The first-order valence-corrected chi connectivity index (χ1v) is 16.3. The van der Waals surface area contributed by atoms with E-state index >= 15 is 0 Å². The molecule has 1 unspecified atom stereocenters. The van der Waals surface area contributed by atoms with Crippen LogP contribution in [0.3, 0.4) is 0 Å². The lowest BCUT2D eigenvalue weighted by Crippen LogP contribution is -2.36. The van der Waals surface area contributed by atoms with Gasteiger partial charge in [0.2, 0.25) is 11.1 Å². The maximum absolute atomic E-state index is 13.7. The van der Waals surface area contributed by atoms with Gasteiger partial charge in [0.1, 0.15) is 5.82 Å². The molecule has 2 aliphatic rings. The van der Waals surface area contributed by atoms with Gasteiger partial charge in [0.15, 0.2) is 11.0 Å². The molecule has 0 bridgehead atoms. The van der Waals surface area contributed by atoms with Crippen molar-refractivity contribution in [2.45, 2.75) is 18.0 Å². The molecule has 0 amide bonds. The average molecular weight is 657 g/mol. The molecule has 1 atom stereocenters. The lowest BCUT2D eigenvalue weighted by atomic mass is 10.1. The molecule has 1 N–H and O–H groups in total.